The number of β-lactam (4-membered cyclic amide) rings is 1. The molecule has 2 saturated heterocycles. The molecule has 2 fully saturated rings. The van der Waals surface area contributed by atoms with Crippen molar-refractivity contribution in [2.75, 3.05) is 19.7 Å². The zero-order chi connectivity index (χ0) is 22.1. The minimum Gasteiger partial charge on any atom is -0.480 e. The number of aliphatic carboxylic acids is 1. The Labute approximate surface area is 172 Å². The maximum atomic E-state index is 13.3. The molecule has 0 unspecified atom stereocenters. The fourth-order valence-corrected chi connectivity index (χ4v) is 5.84. The molecule has 3 rings (SSSR count). The molecular formula is C18H22N4O7S. The maximum Gasteiger partial charge on any atom is 0.407 e. The fourth-order valence-electron chi connectivity index (χ4n) is 3.57. The van der Waals surface area contributed by atoms with Crippen LogP contribution in [0.2, 0.25) is 0 Å². The number of carboxylic acid groups (broad SMARTS) is 1. The van der Waals surface area contributed by atoms with Gasteiger partial charge in [0.25, 0.3) is 5.91 Å². The summed E-state index contributed by atoms with van der Waals surface area (Å²) in [5.41, 5.74) is 5.63. The molecule has 2 aliphatic rings. The molecule has 30 heavy (non-hydrogen) atoms. The van der Waals surface area contributed by atoms with Crippen LogP contribution < -0.4 is 11.1 Å². The van der Waals surface area contributed by atoms with Gasteiger partial charge >= 0.3 is 12.1 Å². The second-order valence-electron chi connectivity index (χ2n) is 7.16. The van der Waals surface area contributed by atoms with Crippen LogP contribution in [0.5, 0.6) is 0 Å². The monoisotopic (exact) mass is 438 g/mol. The van der Waals surface area contributed by atoms with Crippen molar-refractivity contribution in [2.45, 2.75) is 29.5 Å². The molecule has 162 valence electrons. The molecule has 1 aromatic heterocycles. The van der Waals surface area contributed by atoms with Gasteiger partial charge < -0.3 is 25.8 Å². The van der Waals surface area contributed by atoms with Crippen LogP contribution in [-0.4, -0.2) is 77.2 Å². The summed E-state index contributed by atoms with van der Waals surface area (Å²) in [5, 5.41) is 10.6. The van der Waals surface area contributed by atoms with Gasteiger partial charge in [0.1, 0.15) is 11.4 Å². The van der Waals surface area contributed by atoms with Gasteiger partial charge in [0, 0.05) is 12.7 Å². The first-order valence-electron chi connectivity index (χ1n) is 9.17. The number of nitrogens with zero attached hydrogens (tertiary/aromatic N) is 2. The lowest BCUT2D eigenvalue weighted by atomic mass is 9.94. The van der Waals surface area contributed by atoms with Gasteiger partial charge in [-0.1, -0.05) is 6.07 Å². The number of nitrogens with one attached hydrogen (secondary N) is 1. The van der Waals surface area contributed by atoms with Gasteiger partial charge in [-0.05, 0) is 38.1 Å². The van der Waals surface area contributed by atoms with Crippen molar-refractivity contribution in [3.8, 4) is 0 Å². The predicted octanol–water partition coefficient (Wildman–Crippen LogP) is -0.651. The Hall–Kier alpha value is -2.99. The van der Waals surface area contributed by atoms with Crippen molar-refractivity contribution in [2.24, 2.45) is 5.73 Å². The molecule has 0 spiro atoms. The van der Waals surface area contributed by atoms with Crippen LogP contribution in [0.1, 0.15) is 19.0 Å². The summed E-state index contributed by atoms with van der Waals surface area (Å²) in [6.07, 6.45) is 2.41. The number of sulfone groups is 1. The smallest absolute Gasteiger partial charge is 0.407 e. The number of amides is 2. The van der Waals surface area contributed by atoms with E-state index in [0.29, 0.717) is 18.7 Å². The van der Waals surface area contributed by atoms with Crippen LogP contribution in [-0.2, 0) is 24.2 Å². The van der Waals surface area contributed by atoms with Crippen LogP contribution in [0.3, 0.4) is 0 Å². The minimum atomic E-state index is -4.24. The standard InChI is InChI=1S/C18H22N4O7S/c1-18(10-29-17(26)21-8-4-6-19)13(16(24)25)22-14(23)12(15(22)30(18,27)28)9-11-5-2-3-7-20-11/h2-3,5,7,9,13,15H,4,6,8,10,19H2,1H3,(H,21,26)(H,24,25)/b12-9-/t13-,15+,18-/m0/s1. The van der Waals surface area contributed by atoms with E-state index in [9.17, 15) is 27.9 Å². The van der Waals surface area contributed by atoms with E-state index >= 15 is 0 Å². The molecule has 4 N–H and O–H groups in total. The summed E-state index contributed by atoms with van der Waals surface area (Å²) < 4.78 is 29.5. The molecule has 0 bridgehead atoms. The first kappa shape index (κ1) is 21.7. The number of alkyl carbamates (subject to hydrolysis) is 1. The number of carboxylic acids is 1. The Morgan fingerprint density at radius 2 is 2.17 bits per heavy atom. The molecule has 11 nitrogen and oxygen atoms in total. The van der Waals surface area contributed by atoms with E-state index in [4.69, 9.17) is 10.5 Å². The van der Waals surface area contributed by atoms with Gasteiger partial charge in [-0.3, -0.25) is 9.78 Å². The van der Waals surface area contributed by atoms with Crippen molar-refractivity contribution in [3.05, 3.63) is 35.7 Å². The SMILES string of the molecule is C[C@]1(COC(=O)NCCCN)[C@H](C(=O)O)N2C(=O)/C(=C/c3ccccn3)[C@H]2S1(=O)=O. The van der Waals surface area contributed by atoms with Crippen molar-refractivity contribution < 1.29 is 32.6 Å². The number of ether oxygens (including phenoxy) is 1. The number of fused-ring (bicyclic) bond motifs is 1. The summed E-state index contributed by atoms with van der Waals surface area (Å²) in [7, 11) is -4.24. The molecule has 2 amide bonds. The third-order valence-corrected chi connectivity index (χ3v) is 7.88. The number of rotatable bonds is 7. The van der Waals surface area contributed by atoms with E-state index in [-0.39, 0.29) is 12.1 Å². The van der Waals surface area contributed by atoms with Crippen LogP contribution >= 0.6 is 0 Å². The number of hydrogen-bond acceptors (Lipinski definition) is 8. The highest BCUT2D eigenvalue weighted by atomic mass is 32.2. The number of hydrogen-bond donors (Lipinski definition) is 3. The molecule has 0 saturated carbocycles. The summed E-state index contributed by atoms with van der Waals surface area (Å²) in [6, 6.07) is 3.23. The lowest BCUT2D eigenvalue weighted by molar-refractivity contribution is -0.153. The summed E-state index contributed by atoms with van der Waals surface area (Å²) in [5.74, 6) is -2.21. The van der Waals surface area contributed by atoms with E-state index in [0.717, 1.165) is 11.8 Å². The van der Waals surface area contributed by atoms with Crippen LogP contribution in [0.25, 0.3) is 6.08 Å². The zero-order valence-electron chi connectivity index (χ0n) is 16.1. The molecule has 0 radical (unpaired) electrons. The molecule has 0 aliphatic carbocycles. The summed E-state index contributed by atoms with van der Waals surface area (Å²) >= 11 is 0. The van der Waals surface area contributed by atoms with E-state index < -0.39 is 50.6 Å². The van der Waals surface area contributed by atoms with Gasteiger partial charge in [0.05, 0.1) is 11.3 Å². The second kappa shape index (κ2) is 8.03. The zero-order valence-corrected chi connectivity index (χ0v) is 17.0. The first-order chi connectivity index (χ1) is 14.1. The molecule has 3 heterocycles. The Bertz CT molecular complexity index is 995. The predicted molar refractivity (Wildman–Crippen MR) is 105 cm³/mol. The largest absolute Gasteiger partial charge is 0.480 e. The Morgan fingerprint density at radius 3 is 2.77 bits per heavy atom. The van der Waals surface area contributed by atoms with E-state index in [2.05, 4.69) is 10.3 Å². The van der Waals surface area contributed by atoms with Gasteiger partial charge in [0.15, 0.2) is 21.3 Å². The van der Waals surface area contributed by atoms with Crippen molar-refractivity contribution in [1.29, 1.82) is 0 Å². The number of nitrogens with two attached hydrogens (primary N) is 1. The number of carbonyl (C=O) groups is 3. The third-order valence-electron chi connectivity index (χ3n) is 5.17. The van der Waals surface area contributed by atoms with Crippen LogP contribution in [0, 0.1) is 0 Å². The Morgan fingerprint density at radius 1 is 1.43 bits per heavy atom. The molecular weight excluding hydrogens is 416 g/mol. The number of pyridine rings is 1. The van der Waals surface area contributed by atoms with E-state index in [1.807, 2.05) is 0 Å². The fraction of sp³-hybridized carbons (Fsp3) is 0.444. The van der Waals surface area contributed by atoms with Gasteiger partial charge in [-0.15, -0.1) is 0 Å². The highest BCUT2D eigenvalue weighted by Crippen LogP contribution is 2.49. The summed E-state index contributed by atoms with van der Waals surface area (Å²) in [4.78, 5) is 41.2. The van der Waals surface area contributed by atoms with Gasteiger partial charge in [0.2, 0.25) is 0 Å². The topological polar surface area (TPSA) is 169 Å². The van der Waals surface area contributed by atoms with E-state index in [1.54, 1.807) is 18.2 Å². The van der Waals surface area contributed by atoms with E-state index in [1.165, 1.54) is 12.3 Å². The van der Waals surface area contributed by atoms with Crippen LogP contribution in [0.15, 0.2) is 30.0 Å². The second-order valence-corrected chi connectivity index (χ2v) is 9.63. The van der Waals surface area contributed by atoms with Crippen molar-refractivity contribution >= 4 is 33.9 Å². The molecule has 0 aromatic carbocycles. The average Bonchev–Trinajstić information content (AvgIpc) is 2.87. The van der Waals surface area contributed by atoms with Crippen molar-refractivity contribution in [3.63, 3.8) is 0 Å². The molecule has 1 aromatic rings. The minimum absolute atomic E-state index is 0.0731. The van der Waals surface area contributed by atoms with Gasteiger partial charge in [-0.25, -0.2) is 18.0 Å². The Balaban J connectivity index is 1.89. The molecule has 2 aliphatic heterocycles. The highest BCUT2D eigenvalue weighted by molar-refractivity contribution is 7.94. The number of aromatic nitrogens is 1. The molecule has 3 atom stereocenters. The van der Waals surface area contributed by atoms with Crippen molar-refractivity contribution in [1.82, 2.24) is 15.2 Å². The Kier molecular flexibility index (Phi) is 5.81. The summed E-state index contributed by atoms with van der Waals surface area (Å²) in [6.45, 7) is 1.01. The quantitative estimate of drug-likeness (QED) is 0.284. The normalized spacial score (nSPS) is 28.0. The average molecular weight is 438 g/mol. The lowest BCUT2D eigenvalue weighted by Crippen LogP contribution is -2.59. The highest BCUT2D eigenvalue weighted by Gasteiger charge is 2.72. The third kappa shape index (κ3) is 3.41. The number of carbonyl (C=O) groups excluding carboxylic acids is 2. The first-order valence-corrected chi connectivity index (χ1v) is 10.7. The van der Waals surface area contributed by atoms with Crippen LogP contribution in [0.4, 0.5) is 4.79 Å². The van der Waals surface area contributed by atoms with Gasteiger partial charge in [-0.2, -0.15) is 0 Å². The molecule has 12 heteroatoms. The maximum absolute atomic E-state index is 13.3. The lowest BCUT2D eigenvalue weighted by Gasteiger charge is -2.37.